The molecule has 3 rings (SSSR count). The van der Waals surface area contributed by atoms with E-state index >= 15 is 0 Å². The van der Waals surface area contributed by atoms with E-state index in [9.17, 15) is 4.79 Å². The Kier molecular flexibility index (Phi) is 7.69. The lowest BCUT2D eigenvalue weighted by Gasteiger charge is -2.10. The molecule has 0 spiro atoms. The van der Waals surface area contributed by atoms with Gasteiger partial charge in [-0.05, 0) is 55.3 Å². The van der Waals surface area contributed by atoms with Gasteiger partial charge in [0, 0.05) is 36.5 Å². The number of nitrogens with zero attached hydrogens (tertiary/aromatic N) is 3. The Morgan fingerprint density at radius 1 is 1.21 bits per heavy atom. The first-order valence-corrected chi connectivity index (χ1v) is 10.6. The summed E-state index contributed by atoms with van der Waals surface area (Å²) in [6.45, 7) is 3.32. The van der Waals surface area contributed by atoms with E-state index < -0.39 is 0 Å². The van der Waals surface area contributed by atoms with Crippen molar-refractivity contribution in [1.82, 2.24) is 14.8 Å². The zero-order valence-corrected chi connectivity index (χ0v) is 18.0. The van der Waals surface area contributed by atoms with Crippen LogP contribution in [0, 0.1) is 6.92 Å². The SMILES string of the molecule is COCCCn1c(SCC(=O)Nc2cccc(C)c2)nnc1-c1ccc(Cl)cc1. The molecular weight excluding hydrogens is 408 g/mol. The normalized spacial score (nSPS) is 10.9. The second-order valence-corrected chi connectivity index (χ2v) is 7.90. The van der Waals surface area contributed by atoms with Gasteiger partial charge in [0.2, 0.25) is 5.91 Å². The number of amides is 1. The quantitative estimate of drug-likeness (QED) is 0.394. The van der Waals surface area contributed by atoms with E-state index in [1.54, 1.807) is 7.11 Å². The fourth-order valence-corrected chi connectivity index (χ4v) is 3.72. The minimum atomic E-state index is -0.0833. The van der Waals surface area contributed by atoms with Gasteiger partial charge in [-0.3, -0.25) is 4.79 Å². The maximum absolute atomic E-state index is 12.4. The Bertz CT molecular complexity index is 960. The standard InChI is InChI=1S/C21H23ClN4O2S/c1-15-5-3-6-18(13-15)23-19(27)14-29-21-25-24-20(26(21)11-4-12-28-2)16-7-9-17(22)10-8-16/h3,5-10,13H,4,11-12,14H2,1-2H3,(H,23,27). The first-order valence-electron chi connectivity index (χ1n) is 9.24. The van der Waals surface area contributed by atoms with E-state index in [4.69, 9.17) is 16.3 Å². The maximum Gasteiger partial charge on any atom is 0.234 e. The maximum atomic E-state index is 12.4. The number of halogens is 1. The van der Waals surface area contributed by atoms with Crippen LogP contribution in [0.2, 0.25) is 5.02 Å². The molecule has 2 aromatic carbocycles. The summed E-state index contributed by atoms with van der Waals surface area (Å²) in [5.74, 6) is 0.913. The molecule has 0 unspecified atom stereocenters. The van der Waals surface area contributed by atoms with Gasteiger partial charge in [-0.1, -0.05) is 35.5 Å². The highest BCUT2D eigenvalue weighted by Gasteiger charge is 2.16. The van der Waals surface area contributed by atoms with Crippen LogP contribution in [-0.2, 0) is 16.1 Å². The van der Waals surface area contributed by atoms with Crippen LogP contribution in [0.3, 0.4) is 0 Å². The molecule has 0 fully saturated rings. The number of anilines is 1. The second kappa shape index (κ2) is 10.4. The minimum absolute atomic E-state index is 0.0833. The van der Waals surface area contributed by atoms with Gasteiger partial charge in [0.25, 0.3) is 0 Å². The van der Waals surface area contributed by atoms with Crippen LogP contribution in [0.4, 0.5) is 5.69 Å². The predicted octanol–water partition coefficient (Wildman–Crippen LogP) is 4.67. The minimum Gasteiger partial charge on any atom is -0.385 e. The zero-order chi connectivity index (χ0) is 20.6. The Labute approximate surface area is 179 Å². The van der Waals surface area contributed by atoms with Crippen LogP contribution in [0.5, 0.6) is 0 Å². The predicted molar refractivity (Wildman–Crippen MR) is 117 cm³/mol. The van der Waals surface area contributed by atoms with Crippen LogP contribution in [0.25, 0.3) is 11.4 Å². The smallest absolute Gasteiger partial charge is 0.234 e. The van der Waals surface area contributed by atoms with Crippen molar-refractivity contribution in [3.05, 3.63) is 59.1 Å². The summed E-state index contributed by atoms with van der Waals surface area (Å²) in [7, 11) is 1.68. The Hall–Kier alpha value is -2.35. The molecule has 1 amide bonds. The molecule has 1 aromatic heterocycles. The van der Waals surface area contributed by atoms with Gasteiger partial charge in [-0.2, -0.15) is 0 Å². The van der Waals surface area contributed by atoms with Crippen molar-refractivity contribution in [2.75, 3.05) is 24.8 Å². The van der Waals surface area contributed by atoms with Gasteiger partial charge in [-0.25, -0.2) is 0 Å². The Balaban J connectivity index is 1.72. The number of ether oxygens (including phenoxy) is 1. The summed E-state index contributed by atoms with van der Waals surface area (Å²) in [5.41, 5.74) is 2.82. The lowest BCUT2D eigenvalue weighted by molar-refractivity contribution is -0.113. The molecular formula is C21H23ClN4O2S. The van der Waals surface area contributed by atoms with Crippen molar-refractivity contribution in [3.8, 4) is 11.4 Å². The van der Waals surface area contributed by atoms with Crippen LogP contribution in [0.15, 0.2) is 53.7 Å². The number of carbonyl (C=O) groups is 1. The van der Waals surface area contributed by atoms with Crippen molar-refractivity contribution in [3.63, 3.8) is 0 Å². The lowest BCUT2D eigenvalue weighted by Crippen LogP contribution is -2.15. The average Bonchev–Trinajstić information content (AvgIpc) is 3.10. The number of carbonyl (C=O) groups excluding carboxylic acids is 1. The number of aromatic nitrogens is 3. The summed E-state index contributed by atoms with van der Waals surface area (Å²) in [5, 5.41) is 12.9. The lowest BCUT2D eigenvalue weighted by atomic mass is 10.2. The first-order chi connectivity index (χ1) is 14.1. The molecule has 0 aliphatic heterocycles. The molecule has 152 valence electrons. The third-order valence-electron chi connectivity index (χ3n) is 4.18. The fraction of sp³-hybridized carbons (Fsp3) is 0.286. The van der Waals surface area contributed by atoms with E-state index in [0.29, 0.717) is 23.3 Å². The molecule has 0 aliphatic carbocycles. The summed E-state index contributed by atoms with van der Waals surface area (Å²) in [6.07, 6.45) is 0.818. The van der Waals surface area contributed by atoms with Gasteiger partial charge in [0.1, 0.15) is 0 Å². The molecule has 0 atom stereocenters. The third kappa shape index (κ3) is 6.06. The van der Waals surface area contributed by atoms with Gasteiger partial charge in [0.15, 0.2) is 11.0 Å². The van der Waals surface area contributed by atoms with Crippen molar-refractivity contribution >= 4 is 35.0 Å². The van der Waals surface area contributed by atoms with Crippen molar-refractivity contribution in [2.45, 2.75) is 25.0 Å². The number of aryl methyl sites for hydroxylation is 1. The summed E-state index contributed by atoms with van der Waals surface area (Å²) in [4.78, 5) is 12.4. The number of rotatable bonds is 9. The molecule has 0 saturated carbocycles. The number of methoxy groups -OCH3 is 1. The van der Waals surface area contributed by atoms with E-state index in [0.717, 1.165) is 29.1 Å². The largest absolute Gasteiger partial charge is 0.385 e. The first kappa shape index (κ1) is 21.4. The average molecular weight is 431 g/mol. The van der Waals surface area contributed by atoms with E-state index in [1.165, 1.54) is 11.8 Å². The molecule has 8 heteroatoms. The number of thioether (sulfide) groups is 1. The molecule has 1 heterocycles. The zero-order valence-electron chi connectivity index (χ0n) is 16.4. The number of hydrogen-bond donors (Lipinski definition) is 1. The van der Waals surface area contributed by atoms with Crippen LogP contribution >= 0.6 is 23.4 Å². The molecule has 1 N–H and O–H groups in total. The highest BCUT2D eigenvalue weighted by molar-refractivity contribution is 7.99. The third-order valence-corrected chi connectivity index (χ3v) is 5.40. The molecule has 0 radical (unpaired) electrons. The summed E-state index contributed by atoms with van der Waals surface area (Å²) < 4.78 is 7.19. The number of benzene rings is 2. The van der Waals surface area contributed by atoms with Gasteiger partial charge < -0.3 is 14.6 Å². The highest BCUT2D eigenvalue weighted by atomic mass is 35.5. The van der Waals surface area contributed by atoms with E-state index in [1.807, 2.05) is 60.0 Å². The number of hydrogen-bond acceptors (Lipinski definition) is 5. The molecule has 3 aromatic rings. The van der Waals surface area contributed by atoms with Gasteiger partial charge >= 0.3 is 0 Å². The van der Waals surface area contributed by atoms with Crippen LogP contribution in [0.1, 0.15) is 12.0 Å². The number of nitrogens with one attached hydrogen (secondary N) is 1. The summed E-state index contributed by atoms with van der Waals surface area (Å²) >= 11 is 7.37. The highest BCUT2D eigenvalue weighted by Crippen LogP contribution is 2.25. The van der Waals surface area contributed by atoms with E-state index in [-0.39, 0.29) is 11.7 Å². The van der Waals surface area contributed by atoms with Crippen LogP contribution in [-0.4, -0.2) is 40.1 Å². The molecule has 0 saturated heterocycles. The Morgan fingerprint density at radius 3 is 2.72 bits per heavy atom. The van der Waals surface area contributed by atoms with Crippen LogP contribution < -0.4 is 5.32 Å². The monoisotopic (exact) mass is 430 g/mol. The van der Waals surface area contributed by atoms with Crippen molar-refractivity contribution < 1.29 is 9.53 Å². The van der Waals surface area contributed by atoms with Crippen molar-refractivity contribution in [1.29, 1.82) is 0 Å². The molecule has 6 nitrogen and oxygen atoms in total. The van der Waals surface area contributed by atoms with Gasteiger partial charge in [0.05, 0.1) is 5.75 Å². The molecule has 0 aliphatic rings. The molecule has 29 heavy (non-hydrogen) atoms. The fourth-order valence-electron chi connectivity index (χ4n) is 2.83. The van der Waals surface area contributed by atoms with Gasteiger partial charge in [-0.15, -0.1) is 10.2 Å². The second-order valence-electron chi connectivity index (χ2n) is 6.52. The van der Waals surface area contributed by atoms with Crippen molar-refractivity contribution in [2.24, 2.45) is 0 Å². The Morgan fingerprint density at radius 2 is 2.00 bits per heavy atom. The van der Waals surface area contributed by atoms with E-state index in [2.05, 4.69) is 15.5 Å². The topological polar surface area (TPSA) is 69.0 Å². The summed E-state index contributed by atoms with van der Waals surface area (Å²) in [6, 6.07) is 15.2. The molecule has 0 bridgehead atoms.